The second-order valence-electron chi connectivity index (χ2n) is 5.13. The van der Waals surface area contributed by atoms with Gasteiger partial charge in [0.25, 0.3) is 0 Å². The molecule has 0 saturated carbocycles. The van der Waals surface area contributed by atoms with Crippen LogP contribution in [0.15, 0.2) is 6.20 Å². The number of carbonyl (C=O) groups excluding carboxylic acids is 1. The van der Waals surface area contributed by atoms with Crippen LogP contribution in [0.25, 0.3) is 0 Å². The van der Waals surface area contributed by atoms with Crippen LogP contribution in [-0.2, 0) is 11.2 Å². The predicted octanol–water partition coefficient (Wildman–Crippen LogP) is 1.40. The number of urea groups is 1. The monoisotopic (exact) mass is 296 g/mol. The first-order valence-corrected chi connectivity index (χ1v) is 7.20. The molecule has 1 heterocycles. The molecule has 1 atom stereocenters. The van der Waals surface area contributed by atoms with E-state index in [2.05, 4.69) is 15.5 Å². The van der Waals surface area contributed by atoms with Gasteiger partial charge in [-0.15, -0.1) is 0 Å². The minimum absolute atomic E-state index is 0.213. The number of carboxylic acids is 1. The first-order chi connectivity index (χ1) is 9.95. The summed E-state index contributed by atoms with van der Waals surface area (Å²) in [6.45, 7) is 6.67. The molecule has 0 aliphatic heterocycles. The molecule has 2 amide bonds. The van der Waals surface area contributed by atoms with Crippen LogP contribution in [0.2, 0.25) is 0 Å². The number of H-pyrrole nitrogens is 1. The Balaban J connectivity index is 2.31. The van der Waals surface area contributed by atoms with Gasteiger partial charge in [-0.1, -0.05) is 6.92 Å². The van der Waals surface area contributed by atoms with E-state index < -0.39 is 11.9 Å². The summed E-state index contributed by atoms with van der Waals surface area (Å²) in [5, 5.41) is 18.5. The van der Waals surface area contributed by atoms with Crippen molar-refractivity contribution in [3.63, 3.8) is 0 Å². The topological polar surface area (TPSA) is 98.3 Å². The highest BCUT2D eigenvalue weighted by Crippen LogP contribution is 2.05. The molecule has 3 N–H and O–H groups in total. The standard InChI is InChI=1S/C14H24N4O3/c1-4-18(9-10(2)13(19)20)14(21)15-7-5-6-12-8-16-17-11(12)3/h8,10H,4-7,9H2,1-3H3,(H,15,21)(H,16,17)(H,19,20). The number of amides is 2. The summed E-state index contributed by atoms with van der Waals surface area (Å²) >= 11 is 0. The van der Waals surface area contributed by atoms with E-state index in [-0.39, 0.29) is 12.6 Å². The minimum atomic E-state index is -0.892. The normalized spacial score (nSPS) is 12.0. The summed E-state index contributed by atoms with van der Waals surface area (Å²) in [5.74, 6) is -1.46. The molecule has 0 bridgehead atoms. The van der Waals surface area contributed by atoms with Crippen molar-refractivity contribution in [2.45, 2.75) is 33.6 Å². The number of carbonyl (C=O) groups is 2. The molecule has 7 heteroatoms. The fourth-order valence-corrected chi connectivity index (χ4v) is 1.98. The van der Waals surface area contributed by atoms with Crippen molar-refractivity contribution in [2.75, 3.05) is 19.6 Å². The highest BCUT2D eigenvalue weighted by Gasteiger charge is 2.18. The van der Waals surface area contributed by atoms with Gasteiger partial charge in [-0.2, -0.15) is 5.10 Å². The van der Waals surface area contributed by atoms with Gasteiger partial charge in [-0.25, -0.2) is 4.79 Å². The zero-order chi connectivity index (χ0) is 15.8. The van der Waals surface area contributed by atoms with Gasteiger partial charge in [-0.05, 0) is 32.3 Å². The fraction of sp³-hybridized carbons (Fsp3) is 0.643. The molecular weight excluding hydrogens is 272 g/mol. The van der Waals surface area contributed by atoms with E-state index in [0.717, 1.165) is 24.1 Å². The lowest BCUT2D eigenvalue weighted by Gasteiger charge is -2.23. The third-order valence-electron chi connectivity index (χ3n) is 3.42. The van der Waals surface area contributed by atoms with Crippen LogP contribution in [0.3, 0.4) is 0 Å². The molecule has 0 spiro atoms. The van der Waals surface area contributed by atoms with E-state index in [9.17, 15) is 9.59 Å². The molecule has 0 saturated heterocycles. The molecule has 0 fully saturated rings. The molecule has 21 heavy (non-hydrogen) atoms. The van der Waals surface area contributed by atoms with Gasteiger partial charge in [0.05, 0.1) is 12.1 Å². The van der Waals surface area contributed by atoms with Crippen molar-refractivity contribution in [1.82, 2.24) is 20.4 Å². The Labute approximate surface area is 124 Å². The third-order valence-corrected chi connectivity index (χ3v) is 3.42. The van der Waals surface area contributed by atoms with Crippen molar-refractivity contribution in [3.8, 4) is 0 Å². The van der Waals surface area contributed by atoms with Gasteiger partial charge >= 0.3 is 12.0 Å². The summed E-state index contributed by atoms with van der Waals surface area (Å²) in [5.41, 5.74) is 2.20. The molecule has 1 aromatic heterocycles. The number of hydrogen-bond acceptors (Lipinski definition) is 3. The number of hydrogen-bond donors (Lipinski definition) is 3. The van der Waals surface area contributed by atoms with Crippen molar-refractivity contribution in [1.29, 1.82) is 0 Å². The Bertz CT molecular complexity index is 473. The number of nitrogens with one attached hydrogen (secondary N) is 2. The molecule has 0 radical (unpaired) electrons. The third kappa shape index (κ3) is 5.45. The number of aliphatic carboxylic acids is 1. The zero-order valence-corrected chi connectivity index (χ0v) is 12.8. The van der Waals surface area contributed by atoms with Crippen molar-refractivity contribution >= 4 is 12.0 Å². The number of nitrogens with zero attached hydrogens (tertiary/aromatic N) is 2. The maximum Gasteiger partial charge on any atom is 0.317 e. The molecular formula is C14H24N4O3. The maximum absolute atomic E-state index is 12.0. The molecule has 118 valence electrons. The van der Waals surface area contributed by atoms with Crippen LogP contribution in [-0.4, -0.2) is 51.8 Å². The predicted molar refractivity (Wildman–Crippen MR) is 79.1 cm³/mol. The second-order valence-corrected chi connectivity index (χ2v) is 5.13. The Hall–Kier alpha value is -2.05. The lowest BCUT2D eigenvalue weighted by atomic mass is 10.1. The van der Waals surface area contributed by atoms with E-state index in [0.29, 0.717) is 13.1 Å². The van der Waals surface area contributed by atoms with Crippen LogP contribution >= 0.6 is 0 Å². The number of aromatic amines is 1. The SMILES string of the molecule is CCN(CC(C)C(=O)O)C(=O)NCCCc1cn[nH]c1C. The van der Waals surface area contributed by atoms with Crippen LogP contribution in [0.1, 0.15) is 31.5 Å². The quantitative estimate of drug-likeness (QED) is 0.631. The van der Waals surface area contributed by atoms with Gasteiger partial charge in [0.1, 0.15) is 0 Å². The Morgan fingerprint density at radius 1 is 1.52 bits per heavy atom. The minimum Gasteiger partial charge on any atom is -0.481 e. The molecule has 1 aromatic rings. The molecule has 0 aliphatic carbocycles. The van der Waals surface area contributed by atoms with Crippen molar-refractivity contribution < 1.29 is 14.7 Å². The highest BCUT2D eigenvalue weighted by atomic mass is 16.4. The second kappa shape index (κ2) is 8.28. The van der Waals surface area contributed by atoms with E-state index in [1.54, 1.807) is 13.1 Å². The smallest absolute Gasteiger partial charge is 0.317 e. The summed E-state index contributed by atoms with van der Waals surface area (Å²) in [7, 11) is 0. The van der Waals surface area contributed by atoms with E-state index in [4.69, 9.17) is 5.11 Å². The van der Waals surface area contributed by atoms with Gasteiger partial charge < -0.3 is 15.3 Å². The number of rotatable bonds is 8. The van der Waals surface area contributed by atoms with Gasteiger partial charge in [0.15, 0.2) is 0 Å². The Morgan fingerprint density at radius 2 is 2.24 bits per heavy atom. The molecule has 0 aliphatic rings. The van der Waals surface area contributed by atoms with Crippen molar-refractivity contribution in [2.24, 2.45) is 5.92 Å². The van der Waals surface area contributed by atoms with Gasteiger partial charge in [0, 0.05) is 25.3 Å². The summed E-state index contributed by atoms with van der Waals surface area (Å²) in [6, 6.07) is -0.213. The largest absolute Gasteiger partial charge is 0.481 e. The average molecular weight is 296 g/mol. The van der Waals surface area contributed by atoms with Gasteiger partial charge in [-0.3, -0.25) is 9.89 Å². The van der Waals surface area contributed by atoms with Crippen LogP contribution in [0.5, 0.6) is 0 Å². The van der Waals surface area contributed by atoms with E-state index in [1.807, 2.05) is 13.8 Å². The fourth-order valence-electron chi connectivity index (χ4n) is 1.98. The number of carboxylic acid groups (broad SMARTS) is 1. The number of aryl methyl sites for hydroxylation is 2. The first kappa shape index (κ1) is 17.0. The molecule has 7 nitrogen and oxygen atoms in total. The Morgan fingerprint density at radius 3 is 2.76 bits per heavy atom. The van der Waals surface area contributed by atoms with Crippen LogP contribution < -0.4 is 5.32 Å². The van der Waals surface area contributed by atoms with E-state index >= 15 is 0 Å². The summed E-state index contributed by atoms with van der Waals surface area (Å²) in [4.78, 5) is 24.3. The number of aromatic nitrogens is 2. The highest BCUT2D eigenvalue weighted by molar-refractivity contribution is 5.75. The summed E-state index contributed by atoms with van der Waals surface area (Å²) in [6.07, 6.45) is 3.46. The Kier molecular flexibility index (Phi) is 6.71. The molecule has 1 unspecified atom stereocenters. The summed E-state index contributed by atoms with van der Waals surface area (Å²) < 4.78 is 0. The molecule has 1 rings (SSSR count). The average Bonchev–Trinajstić information content (AvgIpc) is 2.85. The zero-order valence-electron chi connectivity index (χ0n) is 12.8. The maximum atomic E-state index is 12.0. The van der Waals surface area contributed by atoms with Crippen molar-refractivity contribution in [3.05, 3.63) is 17.5 Å². The lowest BCUT2D eigenvalue weighted by Crippen LogP contribution is -2.43. The molecule has 0 aromatic carbocycles. The van der Waals surface area contributed by atoms with Crippen LogP contribution in [0, 0.1) is 12.8 Å². The first-order valence-electron chi connectivity index (χ1n) is 7.20. The lowest BCUT2D eigenvalue weighted by molar-refractivity contribution is -0.141. The van der Waals surface area contributed by atoms with Gasteiger partial charge in [0.2, 0.25) is 0 Å². The van der Waals surface area contributed by atoms with Crippen LogP contribution in [0.4, 0.5) is 4.79 Å². The van der Waals surface area contributed by atoms with E-state index in [1.165, 1.54) is 4.90 Å².